The second-order valence-corrected chi connectivity index (χ2v) is 5.42. The van der Waals surface area contributed by atoms with Gasteiger partial charge in [-0.15, -0.1) is 0 Å². The van der Waals surface area contributed by atoms with Gasteiger partial charge >= 0.3 is 5.97 Å². The molecule has 0 aromatic carbocycles. The van der Waals surface area contributed by atoms with Gasteiger partial charge in [0.15, 0.2) is 0 Å². The van der Waals surface area contributed by atoms with E-state index in [0.717, 1.165) is 18.9 Å². The van der Waals surface area contributed by atoms with Crippen LogP contribution in [0, 0.1) is 5.92 Å². The number of aliphatic carboxylic acids is 1. The molecule has 1 saturated carbocycles. The van der Waals surface area contributed by atoms with E-state index < -0.39 is 5.97 Å². The maximum absolute atomic E-state index is 10.7. The summed E-state index contributed by atoms with van der Waals surface area (Å²) in [7, 11) is 0. The highest BCUT2D eigenvalue weighted by Crippen LogP contribution is 2.31. The van der Waals surface area contributed by atoms with Gasteiger partial charge in [-0.1, -0.05) is 27.2 Å². The Bertz CT molecular complexity index is 238. The first kappa shape index (κ1) is 14.5. The molecule has 0 radical (unpaired) electrons. The molecule has 1 fully saturated rings. The molecule has 0 aromatic rings. The molecule has 2 unspecified atom stereocenters. The summed E-state index contributed by atoms with van der Waals surface area (Å²) in [6, 6.07) is 1.25. The zero-order valence-corrected chi connectivity index (χ0v) is 11.5. The predicted octanol–water partition coefficient (Wildman–Crippen LogP) is 3.14. The maximum atomic E-state index is 10.7. The van der Waals surface area contributed by atoms with Crippen molar-refractivity contribution in [3.63, 3.8) is 0 Å². The largest absolute Gasteiger partial charge is 0.481 e. The lowest BCUT2D eigenvalue weighted by atomic mass is 9.96. The van der Waals surface area contributed by atoms with Crippen molar-refractivity contribution >= 4 is 5.97 Å². The molecular formula is C14H27NO2. The summed E-state index contributed by atoms with van der Waals surface area (Å²) in [5, 5.41) is 8.82. The average molecular weight is 241 g/mol. The Morgan fingerprint density at radius 1 is 1.35 bits per heavy atom. The van der Waals surface area contributed by atoms with E-state index in [1.54, 1.807) is 0 Å². The Labute approximate surface area is 105 Å². The number of hydrogen-bond acceptors (Lipinski definition) is 2. The van der Waals surface area contributed by atoms with E-state index in [0.29, 0.717) is 12.1 Å². The number of hydrogen-bond donors (Lipinski definition) is 1. The quantitative estimate of drug-likeness (QED) is 0.674. The fourth-order valence-corrected chi connectivity index (χ4v) is 2.46. The zero-order valence-electron chi connectivity index (χ0n) is 11.5. The first-order valence-corrected chi connectivity index (χ1v) is 7.05. The minimum atomic E-state index is -0.672. The van der Waals surface area contributed by atoms with E-state index in [-0.39, 0.29) is 6.42 Å². The van der Waals surface area contributed by atoms with Gasteiger partial charge in [-0.25, -0.2) is 0 Å². The molecule has 1 rings (SSSR count). The fraction of sp³-hybridized carbons (Fsp3) is 0.929. The molecule has 0 aromatic heterocycles. The van der Waals surface area contributed by atoms with Gasteiger partial charge in [-0.2, -0.15) is 0 Å². The smallest absolute Gasteiger partial charge is 0.304 e. The van der Waals surface area contributed by atoms with Crippen LogP contribution in [0.25, 0.3) is 0 Å². The number of carboxylic acid groups (broad SMARTS) is 1. The summed E-state index contributed by atoms with van der Waals surface area (Å²) in [6.45, 7) is 7.49. The summed E-state index contributed by atoms with van der Waals surface area (Å²) in [4.78, 5) is 13.2. The normalized spacial score (nSPS) is 19.3. The van der Waals surface area contributed by atoms with E-state index in [1.165, 1.54) is 25.7 Å². The monoisotopic (exact) mass is 241 g/mol. The molecule has 1 aliphatic carbocycles. The van der Waals surface area contributed by atoms with Crippen molar-refractivity contribution in [2.24, 2.45) is 5.92 Å². The zero-order chi connectivity index (χ0) is 12.8. The van der Waals surface area contributed by atoms with E-state index in [4.69, 9.17) is 5.11 Å². The average Bonchev–Trinajstić information content (AvgIpc) is 3.11. The molecule has 2 atom stereocenters. The van der Waals surface area contributed by atoms with Crippen molar-refractivity contribution in [2.75, 3.05) is 6.54 Å². The van der Waals surface area contributed by atoms with E-state index in [9.17, 15) is 4.79 Å². The van der Waals surface area contributed by atoms with E-state index in [2.05, 4.69) is 25.7 Å². The lowest BCUT2D eigenvalue weighted by Gasteiger charge is -2.32. The SMILES string of the molecule is CCC(C)CC(CC)N(CCC(=O)O)C1CC1. The molecule has 0 spiro atoms. The summed E-state index contributed by atoms with van der Waals surface area (Å²) in [5.41, 5.74) is 0. The van der Waals surface area contributed by atoms with Crippen molar-refractivity contribution in [1.29, 1.82) is 0 Å². The molecule has 17 heavy (non-hydrogen) atoms. The highest BCUT2D eigenvalue weighted by molar-refractivity contribution is 5.66. The summed E-state index contributed by atoms with van der Waals surface area (Å²) < 4.78 is 0. The molecule has 3 nitrogen and oxygen atoms in total. The highest BCUT2D eigenvalue weighted by atomic mass is 16.4. The van der Waals surface area contributed by atoms with Crippen LogP contribution in [0.15, 0.2) is 0 Å². The van der Waals surface area contributed by atoms with Gasteiger partial charge in [0.1, 0.15) is 0 Å². The molecule has 0 bridgehead atoms. The van der Waals surface area contributed by atoms with Crippen molar-refractivity contribution in [3.8, 4) is 0 Å². The number of nitrogens with zero attached hydrogens (tertiary/aromatic N) is 1. The summed E-state index contributed by atoms with van der Waals surface area (Å²) >= 11 is 0. The summed E-state index contributed by atoms with van der Waals surface area (Å²) in [5.74, 6) is 0.0695. The van der Waals surface area contributed by atoms with Crippen LogP contribution < -0.4 is 0 Å². The third-order valence-corrected chi connectivity index (χ3v) is 3.91. The van der Waals surface area contributed by atoms with Crippen molar-refractivity contribution < 1.29 is 9.90 Å². The first-order valence-electron chi connectivity index (χ1n) is 7.05. The van der Waals surface area contributed by atoms with Gasteiger partial charge in [-0.05, 0) is 31.6 Å². The predicted molar refractivity (Wildman–Crippen MR) is 70.1 cm³/mol. The third-order valence-electron chi connectivity index (χ3n) is 3.91. The van der Waals surface area contributed by atoms with Crippen LogP contribution in [-0.4, -0.2) is 34.6 Å². The molecule has 0 aliphatic heterocycles. The maximum Gasteiger partial charge on any atom is 0.304 e. The highest BCUT2D eigenvalue weighted by Gasteiger charge is 2.33. The lowest BCUT2D eigenvalue weighted by molar-refractivity contribution is -0.137. The molecule has 0 heterocycles. The second-order valence-electron chi connectivity index (χ2n) is 5.42. The van der Waals surface area contributed by atoms with Gasteiger partial charge in [-0.3, -0.25) is 9.69 Å². The molecule has 1 aliphatic rings. The number of rotatable bonds is 9. The Balaban J connectivity index is 2.49. The van der Waals surface area contributed by atoms with Gasteiger partial charge in [0.05, 0.1) is 6.42 Å². The molecule has 0 amide bonds. The van der Waals surface area contributed by atoms with Crippen LogP contribution in [0.5, 0.6) is 0 Å². The van der Waals surface area contributed by atoms with Crippen molar-refractivity contribution in [1.82, 2.24) is 4.90 Å². The molecule has 1 N–H and O–H groups in total. The van der Waals surface area contributed by atoms with Gasteiger partial charge in [0, 0.05) is 18.6 Å². The van der Waals surface area contributed by atoms with Gasteiger partial charge in [0.2, 0.25) is 0 Å². The topological polar surface area (TPSA) is 40.5 Å². The fourth-order valence-electron chi connectivity index (χ4n) is 2.46. The minimum absolute atomic E-state index is 0.285. The van der Waals surface area contributed by atoms with E-state index >= 15 is 0 Å². The van der Waals surface area contributed by atoms with Crippen LogP contribution in [0.2, 0.25) is 0 Å². The number of carbonyl (C=O) groups is 1. The van der Waals surface area contributed by atoms with E-state index in [1.807, 2.05) is 0 Å². The third kappa shape index (κ3) is 5.07. The minimum Gasteiger partial charge on any atom is -0.481 e. The van der Waals surface area contributed by atoms with Gasteiger partial charge < -0.3 is 5.11 Å². The Hall–Kier alpha value is -0.570. The number of carboxylic acids is 1. The standard InChI is InChI=1S/C14H27NO2/c1-4-11(3)10-12(5-2)15(13-6-7-13)9-8-14(16)17/h11-13H,4-10H2,1-3H3,(H,16,17). The molecule has 0 saturated heterocycles. The molecule has 100 valence electrons. The Kier molecular flexibility index (Phi) is 5.96. The van der Waals surface area contributed by atoms with Crippen LogP contribution in [-0.2, 0) is 4.79 Å². The molecule has 3 heteroatoms. The van der Waals surface area contributed by atoms with Crippen molar-refractivity contribution in [2.45, 2.75) is 71.4 Å². The first-order chi connectivity index (χ1) is 8.08. The Morgan fingerprint density at radius 2 is 2.00 bits per heavy atom. The lowest BCUT2D eigenvalue weighted by Crippen LogP contribution is -2.39. The van der Waals surface area contributed by atoms with Crippen LogP contribution in [0.1, 0.15) is 59.3 Å². The summed E-state index contributed by atoms with van der Waals surface area (Å²) in [6.07, 6.45) is 6.37. The van der Waals surface area contributed by atoms with Crippen LogP contribution in [0.3, 0.4) is 0 Å². The van der Waals surface area contributed by atoms with Crippen molar-refractivity contribution in [3.05, 3.63) is 0 Å². The van der Waals surface area contributed by atoms with Crippen LogP contribution in [0.4, 0.5) is 0 Å². The Morgan fingerprint density at radius 3 is 2.41 bits per heavy atom. The van der Waals surface area contributed by atoms with Gasteiger partial charge in [0.25, 0.3) is 0 Å². The second kappa shape index (κ2) is 7.00. The van der Waals surface area contributed by atoms with Crippen LogP contribution >= 0.6 is 0 Å². The molecular weight excluding hydrogens is 214 g/mol.